The van der Waals surface area contributed by atoms with Gasteiger partial charge < -0.3 is 0 Å². The molecule has 48 valence electrons. The third kappa shape index (κ3) is 1.06. The van der Waals surface area contributed by atoms with Crippen molar-refractivity contribution >= 4 is 0 Å². The lowest BCUT2D eigenvalue weighted by Crippen LogP contribution is -1.76. The largest absolute Gasteiger partial charge is 0.265 e. The SMILES string of the molecule is [C-]#[N+]/C(C#N)=C1/C=CCC1. The van der Waals surface area contributed by atoms with Gasteiger partial charge in [-0.2, -0.15) is 0 Å². The van der Waals surface area contributed by atoms with E-state index in [2.05, 4.69) is 4.85 Å². The van der Waals surface area contributed by atoms with Crippen molar-refractivity contribution in [3.63, 3.8) is 0 Å². The van der Waals surface area contributed by atoms with E-state index in [-0.39, 0.29) is 5.70 Å². The fraction of sp³-hybridized carbons (Fsp3) is 0.250. The Balaban J connectivity index is 2.97. The molecule has 0 heterocycles. The molecule has 0 spiro atoms. The molecule has 1 aliphatic carbocycles. The number of hydrogen-bond donors (Lipinski definition) is 0. The summed E-state index contributed by atoms with van der Waals surface area (Å²) in [7, 11) is 0. The Kier molecular flexibility index (Phi) is 1.87. The molecule has 0 atom stereocenters. The van der Waals surface area contributed by atoms with Crippen molar-refractivity contribution in [2.45, 2.75) is 12.8 Å². The molecule has 1 aliphatic rings. The van der Waals surface area contributed by atoms with Crippen LogP contribution in [0.4, 0.5) is 0 Å². The van der Waals surface area contributed by atoms with Gasteiger partial charge in [0.1, 0.15) is 0 Å². The van der Waals surface area contributed by atoms with Gasteiger partial charge in [-0.3, -0.25) is 0 Å². The maximum absolute atomic E-state index is 8.43. The third-order valence-corrected chi connectivity index (χ3v) is 1.42. The molecule has 0 N–H and O–H groups in total. The van der Waals surface area contributed by atoms with E-state index in [9.17, 15) is 0 Å². The first-order valence-electron chi connectivity index (χ1n) is 3.05. The molecule has 0 saturated carbocycles. The number of rotatable bonds is 0. The Morgan fingerprint density at radius 2 is 2.60 bits per heavy atom. The second kappa shape index (κ2) is 2.85. The van der Waals surface area contributed by atoms with E-state index >= 15 is 0 Å². The molecule has 0 aromatic carbocycles. The molecule has 2 nitrogen and oxygen atoms in total. The summed E-state index contributed by atoms with van der Waals surface area (Å²) in [4.78, 5) is 3.11. The standard InChI is InChI=1S/C8H6N2/c1-10-8(6-9)7-4-2-3-5-7/h2,4H,3,5H2/b8-7-. The minimum atomic E-state index is 0.244. The molecule has 10 heavy (non-hydrogen) atoms. The molecular weight excluding hydrogens is 124 g/mol. The number of allylic oxidation sites excluding steroid dienone is 4. The highest BCUT2D eigenvalue weighted by atomic mass is 14.7. The molecule has 1 rings (SSSR count). The van der Waals surface area contributed by atoms with Gasteiger partial charge in [0.15, 0.2) is 0 Å². The zero-order chi connectivity index (χ0) is 7.40. The monoisotopic (exact) mass is 130 g/mol. The van der Waals surface area contributed by atoms with E-state index in [0.717, 1.165) is 18.4 Å². The summed E-state index contributed by atoms with van der Waals surface area (Å²) in [6.07, 6.45) is 5.66. The fourth-order valence-corrected chi connectivity index (χ4v) is 0.914. The van der Waals surface area contributed by atoms with Crippen molar-refractivity contribution in [2.75, 3.05) is 0 Å². The van der Waals surface area contributed by atoms with Gasteiger partial charge >= 0.3 is 0 Å². The number of nitriles is 1. The molecule has 0 radical (unpaired) electrons. The van der Waals surface area contributed by atoms with Crippen LogP contribution in [-0.2, 0) is 0 Å². The summed E-state index contributed by atoms with van der Waals surface area (Å²) < 4.78 is 0. The van der Waals surface area contributed by atoms with Crippen LogP contribution in [0.2, 0.25) is 0 Å². The lowest BCUT2D eigenvalue weighted by atomic mass is 10.2. The first kappa shape index (κ1) is 6.58. The Bertz CT molecular complexity index is 255. The predicted octanol–water partition coefficient (Wildman–Crippen LogP) is 2.03. The van der Waals surface area contributed by atoms with Gasteiger partial charge in [0.25, 0.3) is 5.70 Å². The summed E-state index contributed by atoms with van der Waals surface area (Å²) in [5, 5.41) is 8.43. The minimum Gasteiger partial charge on any atom is -0.226 e. The predicted molar refractivity (Wildman–Crippen MR) is 37.6 cm³/mol. The van der Waals surface area contributed by atoms with Crippen LogP contribution in [-0.4, -0.2) is 0 Å². The second-order valence-corrected chi connectivity index (χ2v) is 2.04. The Hall–Kier alpha value is -1.54. The van der Waals surface area contributed by atoms with Gasteiger partial charge in [-0.05, 0) is 18.4 Å². The van der Waals surface area contributed by atoms with Gasteiger partial charge in [0.2, 0.25) is 0 Å². The summed E-state index contributed by atoms with van der Waals surface area (Å²) in [6, 6.07) is 1.87. The molecule has 0 aromatic rings. The van der Waals surface area contributed by atoms with E-state index in [1.54, 1.807) is 0 Å². The number of hydrogen-bond acceptors (Lipinski definition) is 1. The van der Waals surface area contributed by atoms with E-state index in [4.69, 9.17) is 11.8 Å². The lowest BCUT2D eigenvalue weighted by Gasteiger charge is -1.89. The minimum absolute atomic E-state index is 0.244. The maximum Gasteiger partial charge on any atom is 0.265 e. The second-order valence-electron chi connectivity index (χ2n) is 2.04. The van der Waals surface area contributed by atoms with Crippen molar-refractivity contribution in [2.24, 2.45) is 0 Å². The highest BCUT2D eigenvalue weighted by Crippen LogP contribution is 2.19. The van der Waals surface area contributed by atoms with Crippen molar-refractivity contribution in [3.05, 3.63) is 34.8 Å². The van der Waals surface area contributed by atoms with E-state index < -0.39 is 0 Å². The number of nitrogens with zero attached hydrogens (tertiary/aromatic N) is 2. The zero-order valence-electron chi connectivity index (χ0n) is 5.46. The van der Waals surface area contributed by atoms with Crippen LogP contribution in [0.3, 0.4) is 0 Å². The summed E-state index contributed by atoms with van der Waals surface area (Å²) in [6.45, 7) is 6.64. The molecular formula is C8H6N2. The lowest BCUT2D eigenvalue weighted by molar-refractivity contribution is 1.06. The summed E-state index contributed by atoms with van der Waals surface area (Å²) in [5.74, 6) is 0. The first-order chi connectivity index (χ1) is 4.88. The van der Waals surface area contributed by atoms with E-state index in [1.807, 2.05) is 18.2 Å². The molecule has 0 aliphatic heterocycles. The van der Waals surface area contributed by atoms with Crippen LogP contribution in [0.5, 0.6) is 0 Å². The topological polar surface area (TPSA) is 28.1 Å². The fourth-order valence-electron chi connectivity index (χ4n) is 0.914. The van der Waals surface area contributed by atoms with Crippen molar-refractivity contribution in [1.82, 2.24) is 0 Å². The molecule has 0 amide bonds. The smallest absolute Gasteiger partial charge is 0.226 e. The van der Waals surface area contributed by atoms with Crippen LogP contribution in [0.15, 0.2) is 23.4 Å². The first-order valence-corrected chi connectivity index (χ1v) is 3.05. The van der Waals surface area contributed by atoms with Crippen molar-refractivity contribution < 1.29 is 0 Å². The molecule has 0 aromatic heterocycles. The molecule has 0 fully saturated rings. The molecule has 0 unspecified atom stereocenters. The van der Waals surface area contributed by atoms with Gasteiger partial charge in [0.05, 0.1) is 12.6 Å². The normalized spacial score (nSPS) is 19.8. The van der Waals surface area contributed by atoms with Gasteiger partial charge in [-0.25, -0.2) is 10.1 Å². The third-order valence-electron chi connectivity index (χ3n) is 1.42. The molecule has 2 heteroatoms. The summed E-state index contributed by atoms with van der Waals surface area (Å²) in [5.41, 5.74) is 1.13. The average molecular weight is 130 g/mol. The Labute approximate surface area is 59.9 Å². The summed E-state index contributed by atoms with van der Waals surface area (Å²) >= 11 is 0. The Morgan fingerprint density at radius 1 is 1.80 bits per heavy atom. The Morgan fingerprint density at radius 3 is 3.00 bits per heavy atom. The van der Waals surface area contributed by atoms with E-state index in [0.29, 0.717) is 0 Å². The van der Waals surface area contributed by atoms with Crippen LogP contribution in [0.1, 0.15) is 12.8 Å². The zero-order valence-corrected chi connectivity index (χ0v) is 5.46. The van der Waals surface area contributed by atoms with E-state index in [1.165, 1.54) is 0 Å². The molecule has 0 bridgehead atoms. The highest BCUT2D eigenvalue weighted by molar-refractivity contribution is 5.41. The van der Waals surface area contributed by atoms with Crippen LogP contribution in [0, 0.1) is 17.9 Å². The van der Waals surface area contributed by atoms with Crippen molar-refractivity contribution in [3.8, 4) is 6.07 Å². The van der Waals surface area contributed by atoms with Gasteiger partial charge in [-0.1, -0.05) is 12.2 Å². The van der Waals surface area contributed by atoms with Crippen LogP contribution >= 0.6 is 0 Å². The maximum atomic E-state index is 8.43. The molecule has 0 saturated heterocycles. The van der Waals surface area contributed by atoms with Gasteiger partial charge in [0, 0.05) is 0 Å². The van der Waals surface area contributed by atoms with Crippen molar-refractivity contribution in [1.29, 1.82) is 5.26 Å². The van der Waals surface area contributed by atoms with Crippen LogP contribution < -0.4 is 0 Å². The highest BCUT2D eigenvalue weighted by Gasteiger charge is 2.05. The van der Waals surface area contributed by atoms with Crippen LogP contribution in [0.25, 0.3) is 4.85 Å². The quantitative estimate of drug-likeness (QED) is 0.364. The van der Waals surface area contributed by atoms with Gasteiger partial charge in [-0.15, -0.1) is 0 Å². The average Bonchev–Trinajstić information content (AvgIpc) is 2.43.